The molecule has 0 fully saturated rings. The number of urea groups is 1. The number of hydrogen-bond donors (Lipinski definition) is 3. The third-order valence-corrected chi connectivity index (χ3v) is 1.69. The van der Waals surface area contributed by atoms with Crippen LogP contribution in [0.2, 0.25) is 0 Å². The largest absolute Gasteiger partial charge is 0.369 e. The van der Waals surface area contributed by atoms with Crippen molar-refractivity contribution in [2.24, 2.45) is 0 Å². The molecular formula is C7H13Cl3N2O2. The molecule has 1 atom stereocenters. The van der Waals surface area contributed by atoms with Gasteiger partial charge in [-0.2, -0.15) is 0 Å². The molecule has 0 aromatic rings. The lowest BCUT2D eigenvalue weighted by atomic mass is 10.1. The minimum atomic E-state index is -1.94. The van der Waals surface area contributed by atoms with Gasteiger partial charge in [-0.3, -0.25) is 0 Å². The van der Waals surface area contributed by atoms with Gasteiger partial charge in [0.25, 0.3) is 0 Å². The van der Waals surface area contributed by atoms with Gasteiger partial charge >= 0.3 is 6.03 Å². The zero-order valence-corrected chi connectivity index (χ0v) is 10.3. The summed E-state index contributed by atoms with van der Waals surface area (Å²) in [5.74, 6) is 0. The molecular weight excluding hydrogens is 250 g/mol. The average molecular weight is 264 g/mol. The fraction of sp³-hybridized carbons (Fsp3) is 0.857. The van der Waals surface area contributed by atoms with Crippen LogP contribution in [-0.4, -0.2) is 26.7 Å². The van der Waals surface area contributed by atoms with Crippen molar-refractivity contribution >= 4 is 40.8 Å². The highest BCUT2D eigenvalue weighted by Gasteiger charge is 2.32. The Hall–Kier alpha value is 0.1000. The molecule has 0 rings (SSSR count). The first-order valence-electron chi connectivity index (χ1n) is 3.86. The van der Waals surface area contributed by atoms with Crippen LogP contribution in [0.15, 0.2) is 0 Å². The molecule has 0 aromatic heterocycles. The fourth-order valence-electron chi connectivity index (χ4n) is 0.583. The van der Waals surface area contributed by atoms with E-state index in [0.29, 0.717) is 0 Å². The van der Waals surface area contributed by atoms with Gasteiger partial charge in [-0.1, -0.05) is 34.8 Å². The smallest absolute Gasteiger partial charge is 0.317 e. The molecule has 14 heavy (non-hydrogen) atoms. The van der Waals surface area contributed by atoms with Crippen LogP contribution in [0.1, 0.15) is 20.8 Å². The quantitative estimate of drug-likeness (QED) is 0.499. The summed E-state index contributed by atoms with van der Waals surface area (Å²) in [6.07, 6.45) is -1.55. The van der Waals surface area contributed by atoms with Crippen molar-refractivity contribution in [3.05, 3.63) is 0 Å². The van der Waals surface area contributed by atoms with E-state index in [2.05, 4.69) is 10.6 Å². The maximum Gasteiger partial charge on any atom is 0.317 e. The van der Waals surface area contributed by atoms with Crippen molar-refractivity contribution < 1.29 is 9.90 Å². The Morgan fingerprint density at radius 1 is 1.29 bits per heavy atom. The lowest BCUT2D eigenvalue weighted by Crippen LogP contribution is -2.52. The Kier molecular flexibility index (Phi) is 4.78. The fourth-order valence-corrected chi connectivity index (χ4v) is 0.746. The summed E-state index contributed by atoms with van der Waals surface area (Å²) in [7, 11) is 0. The summed E-state index contributed by atoms with van der Waals surface area (Å²) >= 11 is 16.0. The van der Waals surface area contributed by atoms with Crippen LogP contribution < -0.4 is 10.6 Å². The predicted molar refractivity (Wildman–Crippen MR) is 57.7 cm³/mol. The van der Waals surface area contributed by atoms with E-state index in [4.69, 9.17) is 34.8 Å². The molecule has 0 heterocycles. The molecule has 4 nitrogen and oxygen atoms in total. The van der Waals surface area contributed by atoms with Gasteiger partial charge < -0.3 is 15.7 Å². The first kappa shape index (κ1) is 14.1. The monoisotopic (exact) mass is 262 g/mol. The molecule has 0 unspecified atom stereocenters. The van der Waals surface area contributed by atoms with E-state index < -0.39 is 21.6 Å². The van der Waals surface area contributed by atoms with E-state index in [1.165, 1.54) is 0 Å². The summed E-state index contributed by atoms with van der Waals surface area (Å²) in [4.78, 5) is 11.2. The van der Waals surface area contributed by atoms with Crippen LogP contribution in [0.25, 0.3) is 0 Å². The van der Waals surface area contributed by atoms with Gasteiger partial charge in [0.05, 0.1) is 0 Å². The van der Waals surface area contributed by atoms with Crippen LogP contribution in [0.3, 0.4) is 0 Å². The van der Waals surface area contributed by atoms with Crippen molar-refractivity contribution in [3.63, 3.8) is 0 Å². The molecule has 0 aromatic carbocycles. The normalized spacial score (nSPS) is 14.8. The van der Waals surface area contributed by atoms with Crippen LogP contribution in [-0.2, 0) is 0 Å². The molecule has 84 valence electrons. The Morgan fingerprint density at radius 3 is 2.00 bits per heavy atom. The number of aliphatic hydroxyl groups excluding tert-OH is 1. The number of carbonyl (C=O) groups is 1. The van der Waals surface area contributed by atoms with Crippen molar-refractivity contribution in [2.75, 3.05) is 0 Å². The summed E-state index contributed by atoms with van der Waals surface area (Å²) in [6, 6.07) is -0.601. The summed E-state index contributed by atoms with van der Waals surface area (Å²) in [6.45, 7) is 5.36. The number of amides is 2. The number of carbonyl (C=O) groups excluding carboxylic acids is 1. The summed E-state index contributed by atoms with van der Waals surface area (Å²) in [5, 5.41) is 13.8. The highest BCUT2D eigenvalue weighted by atomic mass is 35.6. The molecule has 0 aliphatic rings. The summed E-state index contributed by atoms with van der Waals surface area (Å²) < 4.78 is -1.94. The van der Waals surface area contributed by atoms with Crippen LogP contribution in [0.5, 0.6) is 0 Å². The van der Waals surface area contributed by atoms with E-state index >= 15 is 0 Å². The second-order valence-electron chi connectivity index (χ2n) is 3.79. The van der Waals surface area contributed by atoms with E-state index in [-0.39, 0.29) is 0 Å². The standard InChI is InChI=1S/C7H13Cl3N2O2/c1-6(2,3)12-5(14)11-4(13)7(8,9)10/h4,13H,1-3H3,(H2,11,12,14)/t4-/m1/s1. The molecule has 0 bridgehead atoms. The number of hydrogen-bond acceptors (Lipinski definition) is 2. The van der Waals surface area contributed by atoms with Gasteiger partial charge in [0.2, 0.25) is 3.79 Å². The molecule has 0 radical (unpaired) electrons. The zero-order chi connectivity index (χ0) is 11.6. The highest BCUT2D eigenvalue weighted by molar-refractivity contribution is 6.68. The van der Waals surface area contributed by atoms with Crippen molar-refractivity contribution in [1.29, 1.82) is 0 Å². The van der Waals surface area contributed by atoms with Crippen molar-refractivity contribution in [3.8, 4) is 0 Å². The first-order chi connectivity index (χ1) is 6.02. The predicted octanol–water partition coefficient (Wildman–Crippen LogP) is 1.77. The SMILES string of the molecule is CC(C)(C)NC(=O)N[C@H](O)C(Cl)(Cl)Cl. The minimum absolute atomic E-state index is 0.419. The van der Waals surface area contributed by atoms with Crippen LogP contribution >= 0.6 is 34.8 Å². The van der Waals surface area contributed by atoms with E-state index in [0.717, 1.165) is 0 Å². The van der Waals surface area contributed by atoms with E-state index in [9.17, 15) is 9.90 Å². The van der Waals surface area contributed by atoms with E-state index in [1.807, 2.05) is 0 Å². The topological polar surface area (TPSA) is 61.4 Å². The number of rotatable bonds is 1. The second kappa shape index (κ2) is 4.75. The Bertz CT molecular complexity index is 210. The Morgan fingerprint density at radius 2 is 1.71 bits per heavy atom. The molecule has 2 amide bonds. The number of aliphatic hydroxyl groups is 1. The third-order valence-electron chi connectivity index (χ3n) is 1.07. The van der Waals surface area contributed by atoms with Crippen LogP contribution in [0, 0.1) is 0 Å². The van der Waals surface area contributed by atoms with Gasteiger partial charge in [-0.25, -0.2) is 4.79 Å². The molecule has 0 spiro atoms. The minimum Gasteiger partial charge on any atom is -0.369 e. The van der Waals surface area contributed by atoms with Crippen LogP contribution in [0.4, 0.5) is 4.79 Å². The first-order valence-corrected chi connectivity index (χ1v) is 4.99. The third kappa shape index (κ3) is 6.54. The Labute approximate surface area is 97.9 Å². The maximum atomic E-state index is 11.2. The molecule has 7 heteroatoms. The number of nitrogens with one attached hydrogen (secondary N) is 2. The lowest BCUT2D eigenvalue weighted by molar-refractivity contribution is 0.141. The number of alkyl halides is 3. The van der Waals surface area contributed by atoms with Crippen molar-refractivity contribution in [2.45, 2.75) is 36.3 Å². The van der Waals surface area contributed by atoms with Gasteiger partial charge in [0, 0.05) is 5.54 Å². The maximum absolute atomic E-state index is 11.2. The molecule has 0 aliphatic carbocycles. The van der Waals surface area contributed by atoms with Gasteiger partial charge in [-0.05, 0) is 20.8 Å². The molecule has 0 saturated heterocycles. The second-order valence-corrected chi connectivity index (χ2v) is 6.16. The molecule has 0 aliphatic heterocycles. The molecule has 3 N–H and O–H groups in total. The lowest BCUT2D eigenvalue weighted by Gasteiger charge is -2.24. The zero-order valence-electron chi connectivity index (χ0n) is 8.07. The Balaban J connectivity index is 4.09. The van der Waals surface area contributed by atoms with E-state index in [1.54, 1.807) is 20.8 Å². The van der Waals surface area contributed by atoms with Gasteiger partial charge in [0.15, 0.2) is 6.23 Å². The highest BCUT2D eigenvalue weighted by Crippen LogP contribution is 2.28. The average Bonchev–Trinajstić information content (AvgIpc) is 1.79. The van der Waals surface area contributed by atoms with Crippen molar-refractivity contribution in [1.82, 2.24) is 10.6 Å². The van der Waals surface area contributed by atoms with Gasteiger partial charge in [-0.15, -0.1) is 0 Å². The van der Waals surface area contributed by atoms with Gasteiger partial charge in [0.1, 0.15) is 0 Å². The molecule has 0 saturated carbocycles. The summed E-state index contributed by atoms with van der Waals surface area (Å²) in [5.41, 5.74) is -0.419. The number of halogens is 3.